The number of ether oxygens (including phenoxy) is 1. The number of hydrogen-bond donors (Lipinski definition) is 1. The topological polar surface area (TPSA) is 102 Å². The van der Waals surface area contributed by atoms with E-state index in [1.165, 1.54) is 24.3 Å². The monoisotopic (exact) mass is 371 g/mol. The molecule has 0 amide bonds. The van der Waals surface area contributed by atoms with Crippen molar-refractivity contribution in [1.82, 2.24) is 9.62 Å². The van der Waals surface area contributed by atoms with Gasteiger partial charge in [0.1, 0.15) is 0 Å². The molecule has 2 atom stereocenters. The fourth-order valence-electron chi connectivity index (χ4n) is 2.89. The van der Waals surface area contributed by atoms with E-state index in [0.717, 1.165) is 13.1 Å². The van der Waals surface area contributed by atoms with Gasteiger partial charge >= 0.3 is 0 Å². The zero-order chi connectivity index (χ0) is 18.8. The molecule has 1 aromatic carbocycles. The summed E-state index contributed by atoms with van der Waals surface area (Å²) in [6.07, 6.45) is 0.184. The molecule has 0 spiro atoms. The molecule has 1 heterocycles. The van der Waals surface area contributed by atoms with Crippen molar-refractivity contribution in [2.24, 2.45) is 0 Å². The number of nitrogens with zero attached hydrogens (tertiary/aromatic N) is 2. The summed E-state index contributed by atoms with van der Waals surface area (Å²) in [5, 5.41) is 10.7. The minimum Gasteiger partial charge on any atom is -0.373 e. The van der Waals surface area contributed by atoms with Gasteiger partial charge in [-0.3, -0.25) is 15.0 Å². The molecule has 0 unspecified atom stereocenters. The maximum absolute atomic E-state index is 12.4. The standard InChI is InChI=1S/C16H25N3O5S/c1-12-9-18(10-13(2)24-12)16(3,4)11-17-25(22,23)15-7-5-14(6-8-15)19(20)21/h5-8,12-13,17H,9-11H2,1-4H3/t12-,13-/m0/s1. The summed E-state index contributed by atoms with van der Waals surface area (Å²) in [6, 6.07) is 4.86. The second-order valence-corrected chi connectivity index (χ2v) is 8.82. The highest BCUT2D eigenvalue weighted by molar-refractivity contribution is 7.89. The lowest BCUT2D eigenvalue weighted by Gasteiger charge is -2.45. The Morgan fingerprint density at radius 1 is 1.24 bits per heavy atom. The first kappa shape index (κ1) is 19.8. The van der Waals surface area contributed by atoms with Crippen LogP contribution >= 0.6 is 0 Å². The number of benzene rings is 1. The van der Waals surface area contributed by atoms with Gasteiger partial charge in [0.25, 0.3) is 5.69 Å². The molecule has 0 bridgehead atoms. The lowest BCUT2D eigenvalue weighted by molar-refractivity contribution is -0.384. The highest BCUT2D eigenvalue weighted by atomic mass is 32.2. The normalized spacial score (nSPS) is 22.7. The quantitative estimate of drug-likeness (QED) is 0.604. The Labute approximate surface area is 148 Å². The largest absolute Gasteiger partial charge is 0.373 e. The molecule has 1 aliphatic rings. The van der Waals surface area contributed by atoms with Gasteiger partial charge in [0, 0.05) is 37.3 Å². The summed E-state index contributed by atoms with van der Waals surface area (Å²) in [4.78, 5) is 12.3. The lowest BCUT2D eigenvalue weighted by atomic mass is 10.0. The molecular formula is C16H25N3O5S. The van der Waals surface area contributed by atoms with Crippen LogP contribution in [-0.4, -0.2) is 55.6 Å². The fourth-order valence-corrected chi connectivity index (χ4v) is 4.09. The average Bonchev–Trinajstić information content (AvgIpc) is 2.52. The van der Waals surface area contributed by atoms with Gasteiger partial charge in [-0.25, -0.2) is 13.1 Å². The molecule has 0 saturated carbocycles. The summed E-state index contributed by atoms with van der Waals surface area (Å²) in [6.45, 7) is 9.66. The van der Waals surface area contributed by atoms with Crippen LogP contribution in [0.5, 0.6) is 0 Å². The van der Waals surface area contributed by atoms with Gasteiger partial charge in [0.2, 0.25) is 10.0 Å². The molecule has 140 valence electrons. The first-order valence-electron chi connectivity index (χ1n) is 8.16. The Balaban J connectivity index is 2.06. The Bertz CT molecular complexity index is 708. The van der Waals surface area contributed by atoms with E-state index in [1.54, 1.807) is 0 Å². The summed E-state index contributed by atoms with van der Waals surface area (Å²) < 4.78 is 33.2. The van der Waals surface area contributed by atoms with Crippen LogP contribution in [0.4, 0.5) is 5.69 Å². The lowest BCUT2D eigenvalue weighted by Crippen LogP contribution is -2.58. The molecule has 1 fully saturated rings. The van der Waals surface area contributed by atoms with Crippen molar-refractivity contribution in [3.8, 4) is 0 Å². The summed E-state index contributed by atoms with van der Waals surface area (Å²) in [5.74, 6) is 0. The molecule has 0 aromatic heterocycles. The zero-order valence-electron chi connectivity index (χ0n) is 14.9. The molecule has 0 radical (unpaired) electrons. The molecule has 0 aliphatic carbocycles. The van der Waals surface area contributed by atoms with Crippen LogP contribution in [0.15, 0.2) is 29.2 Å². The van der Waals surface area contributed by atoms with Crippen LogP contribution in [-0.2, 0) is 14.8 Å². The van der Waals surface area contributed by atoms with Gasteiger partial charge in [-0.2, -0.15) is 0 Å². The molecule has 9 heteroatoms. The van der Waals surface area contributed by atoms with Crippen molar-refractivity contribution < 1.29 is 18.1 Å². The highest BCUT2D eigenvalue weighted by Crippen LogP contribution is 2.22. The van der Waals surface area contributed by atoms with Crippen molar-refractivity contribution in [1.29, 1.82) is 0 Å². The second-order valence-electron chi connectivity index (χ2n) is 7.05. The van der Waals surface area contributed by atoms with Crippen LogP contribution in [0.25, 0.3) is 0 Å². The number of sulfonamides is 1. The van der Waals surface area contributed by atoms with Gasteiger partial charge in [-0.05, 0) is 39.8 Å². The molecule has 8 nitrogen and oxygen atoms in total. The molecule has 1 saturated heterocycles. The van der Waals surface area contributed by atoms with Gasteiger partial charge < -0.3 is 4.74 Å². The smallest absolute Gasteiger partial charge is 0.269 e. The van der Waals surface area contributed by atoms with E-state index in [1.807, 2.05) is 27.7 Å². The third-order valence-electron chi connectivity index (χ3n) is 4.33. The van der Waals surface area contributed by atoms with Crippen molar-refractivity contribution in [3.63, 3.8) is 0 Å². The minimum atomic E-state index is -3.73. The van der Waals surface area contributed by atoms with Crippen LogP contribution in [0.2, 0.25) is 0 Å². The minimum absolute atomic E-state index is 0.0117. The van der Waals surface area contributed by atoms with Crippen molar-refractivity contribution >= 4 is 15.7 Å². The highest BCUT2D eigenvalue weighted by Gasteiger charge is 2.34. The third kappa shape index (κ3) is 4.97. The number of morpholine rings is 1. The van der Waals surface area contributed by atoms with Crippen LogP contribution in [0, 0.1) is 10.1 Å². The van der Waals surface area contributed by atoms with Crippen molar-refractivity contribution in [2.75, 3.05) is 19.6 Å². The molecule has 25 heavy (non-hydrogen) atoms. The predicted molar refractivity (Wildman–Crippen MR) is 93.9 cm³/mol. The van der Waals surface area contributed by atoms with Gasteiger partial charge in [-0.1, -0.05) is 0 Å². The zero-order valence-corrected chi connectivity index (χ0v) is 15.7. The fraction of sp³-hybridized carbons (Fsp3) is 0.625. The number of rotatable bonds is 6. The Hall–Kier alpha value is -1.55. The maximum atomic E-state index is 12.4. The van der Waals surface area contributed by atoms with Crippen LogP contribution < -0.4 is 4.72 Å². The molecular weight excluding hydrogens is 346 g/mol. The maximum Gasteiger partial charge on any atom is 0.269 e. The number of nitrogens with one attached hydrogen (secondary N) is 1. The number of non-ortho nitro benzene ring substituents is 1. The first-order chi connectivity index (χ1) is 11.5. The predicted octanol–water partition coefficient (Wildman–Crippen LogP) is 1.76. The molecule has 1 aromatic rings. The third-order valence-corrected chi connectivity index (χ3v) is 5.75. The Kier molecular flexibility index (Phi) is 5.82. The Morgan fingerprint density at radius 2 is 1.76 bits per heavy atom. The van der Waals surface area contributed by atoms with E-state index in [2.05, 4.69) is 9.62 Å². The summed E-state index contributed by atoms with van der Waals surface area (Å²) >= 11 is 0. The van der Waals surface area contributed by atoms with E-state index in [0.29, 0.717) is 0 Å². The SMILES string of the molecule is C[C@H]1CN(C(C)(C)CNS(=O)(=O)c2ccc([N+](=O)[O-])cc2)C[C@H](C)O1. The van der Waals surface area contributed by atoms with Gasteiger partial charge in [0.05, 0.1) is 22.0 Å². The summed E-state index contributed by atoms with van der Waals surface area (Å²) in [7, 11) is -3.73. The second kappa shape index (κ2) is 7.36. The van der Waals surface area contributed by atoms with Gasteiger partial charge in [-0.15, -0.1) is 0 Å². The Morgan fingerprint density at radius 3 is 2.24 bits per heavy atom. The number of nitro groups is 1. The molecule has 2 rings (SSSR count). The average molecular weight is 371 g/mol. The van der Waals surface area contributed by atoms with E-state index in [-0.39, 0.29) is 34.9 Å². The number of nitro benzene ring substituents is 1. The molecule has 1 N–H and O–H groups in total. The van der Waals surface area contributed by atoms with Crippen molar-refractivity contribution in [3.05, 3.63) is 34.4 Å². The van der Waals surface area contributed by atoms with Gasteiger partial charge in [0.15, 0.2) is 0 Å². The van der Waals surface area contributed by atoms with E-state index < -0.39 is 14.9 Å². The van der Waals surface area contributed by atoms with Crippen LogP contribution in [0.1, 0.15) is 27.7 Å². The first-order valence-corrected chi connectivity index (χ1v) is 9.64. The summed E-state index contributed by atoms with van der Waals surface area (Å²) in [5.41, 5.74) is -0.532. The van der Waals surface area contributed by atoms with Crippen molar-refractivity contribution in [2.45, 2.75) is 50.3 Å². The van der Waals surface area contributed by atoms with E-state index in [9.17, 15) is 18.5 Å². The van der Waals surface area contributed by atoms with Crippen LogP contribution in [0.3, 0.4) is 0 Å². The van der Waals surface area contributed by atoms with E-state index >= 15 is 0 Å². The van der Waals surface area contributed by atoms with E-state index in [4.69, 9.17) is 4.74 Å². The molecule has 1 aliphatic heterocycles. The number of hydrogen-bond acceptors (Lipinski definition) is 6.